The second-order valence-electron chi connectivity index (χ2n) is 14.4. The highest BCUT2D eigenvalue weighted by Crippen LogP contribution is 2.35. The highest BCUT2D eigenvalue weighted by molar-refractivity contribution is 7.28. The summed E-state index contributed by atoms with van der Waals surface area (Å²) in [7, 11) is 73.5. The fourth-order valence-corrected chi connectivity index (χ4v) is 8.88. The lowest BCUT2D eigenvalue weighted by atomic mass is 9.60. The van der Waals surface area contributed by atoms with Gasteiger partial charge in [-0.1, -0.05) is 153 Å². The highest BCUT2D eigenvalue weighted by Gasteiger charge is 2.26. The molecule has 0 bridgehead atoms. The van der Waals surface area contributed by atoms with Crippen molar-refractivity contribution in [3.8, 4) is 67.5 Å². The van der Waals surface area contributed by atoms with Crippen molar-refractivity contribution >= 4 is 178 Å². The third-order valence-electron chi connectivity index (χ3n) is 10.9. The molecule has 0 fully saturated rings. The molecule has 0 N–H and O–H groups in total. The van der Waals surface area contributed by atoms with Crippen molar-refractivity contribution in [3.63, 3.8) is 0 Å². The van der Waals surface area contributed by atoms with Crippen molar-refractivity contribution in [2.45, 2.75) is 0 Å². The first-order valence-corrected chi connectivity index (χ1v) is 19.5. The summed E-state index contributed by atoms with van der Waals surface area (Å²) in [5, 5.41) is 0.915. The molecule has 0 amide bonds. The van der Waals surface area contributed by atoms with E-state index in [2.05, 4.69) is 0 Å². The first-order chi connectivity index (χ1) is 28.8. The lowest BCUT2D eigenvalue weighted by molar-refractivity contribution is 1.08. The van der Waals surface area contributed by atoms with Crippen molar-refractivity contribution < 1.29 is 0 Å². The van der Waals surface area contributed by atoms with Gasteiger partial charge in [0, 0.05) is 31.5 Å². The topological polar surface area (TPSA) is 38.7 Å². The van der Waals surface area contributed by atoms with Crippen LogP contribution in [0.5, 0.6) is 0 Å². The Morgan fingerprint density at radius 3 is 1.07 bits per heavy atom. The number of fused-ring (bicyclic) bond motifs is 3. The van der Waals surface area contributed by atoms with E-state index in [1.807, 2.05) is 109 Å². The fraction of sp³-hybridized carbons (Fsp3) is 0. The van der Waals surface area contributed by atoms with Crippen LogP contribution in [-0.2, 0) is 0 Å². The number of hydrogen-bond donors (Lipinski definition) is 0. The van der Waals surface area contributed by atoms with Crippen LogP contribution in [-0.4, -0.2) is 101 Å². The van der Waals surface area contributed by atoms with E-state index in [1.165, 1.54) is 11.3 Å². The maximum Gasteiger partial charge on any atom is 0.164 e. The Balaban J connectivity index is 1.26. The highest BCUT2D eigenvalue weighted by atomic mass is 32.1. The van der Waals surface area contributed by atoms with E-state index in [0.717, 1.165) is 33.4 Å². The number of hydrogen-bond acceptors (Lipinski definition) is 4. The van der Waals surface area contributed by atoms with Gasteiger partial charge in [-0.05, 0) is 38.8 Å². The van der Waals surface area contributed by atoms with Crippen molar-refractivity contribution in [3.05, 3.63) is 109 Å². The molecule has 22 radical (unpaired) electrons. The third kappa shape index (κ3) is 6.48. The van der Waals surface area contributed by atoms with Gasteiger partial charge in [0.1, 0.15) is 86.3 Å². The van der Waals surface area contributed by atoms with Crippen LogP contribution in [0.1, 0.15) is 0 Å². The van der Waals surface area contributed by atoms with Crippen LogP contribution in [0.4, 0.5) is 0 Å². The summed E-state index contributed by atoms with van der Waals surface area (Å²) < 4.78 is 1.04. The Bertz CT molecular complexity index is 3060. The number of nitrogens with zero attached hydrogens (tertiary/aromatic N) is 3. The van der Waals surface area contributed by atoms with E-state index in [9.17, 15) is 0 Å². The standard InChI is InChI=1S/C45H18B11N3S/c46-30-25(26-28-33(49)36(52)38(54)40(56)42(28)60-41(26)39(55)37(30)53)27-31(47)34(50)29(35(51)32(27)48)45-58-43(23-15-11-21(12-16-23)19-7-3-1-4-8-19)57-44(59-45)24-17-13-22(14-18-24)20-9-5-2-6-10-20/h1-18H. The van der Waals surface area contributed by atoms with Crippen LogP contribution in [0.2, 0.25) is 0 Å². The molecule has 2 aromatic heterocycles. The zero-order chi connectivity index (χ0) is 42.1. The summed E-state index contributed by atoms with van der Waals surface area (Å²) >= 11 is 1.23. The van der Waals surface area contributed by atoms with Gasteiger partial charge in [0.2, 0.25) is 0 Å². The maximum absolute atomic E-state index is 6.99. The van der Waals surface area contributed by atoms with Crippen LogP contribution in [0.25, 0.3) is 87.7 Å². The molecule has 0 spiro atoms. The minimum Gasteiger partial charge on any atom is -0.208 e. The minimum atomic E-state index is 0.0334. The maximum atomic E-state index is 6.99. The Kier molecular flexibility index (Phi) is 10.3. The van der Waals surface area contributed by atoms with Gasteiger partial charge in [-0.3, -0.25) is 0 Å². The molecule has 9 aromatic rings. The van der Waals surface area contributed by atoms with E-state index in [1.54, 1.807) is 0 Å². The molecular weight excluding hydrogens is 734 g/mol. The lowest BCUT2D eigenvalue weighted by Gasteiger charge is -2.26. The molecule has 0 aliphatic heterocycles. The van der Waals surface area contributed by atoms with E-state index in [0.29, 0.717) is 37.4 Å². The second-order valence-corrected chi connectivity index (χ2v) is 15.4. The van der Waals surface area contributed by atoms with Crippen LogP contribution >= 0.6 is 11.3 Å². The monoisotopic (exact) mass is 753 g/mol. The summed E-state index contributed by atoms with van der Waals surface area (Å²) in [6.45, 7) is 0. The van der Waals surface area contributed by atoms with Crippen LogP contribution in [0.15, 0.2) is 109 Å². The van der Waals surface area contributed by atoms with E-state index >= 15 is 0 Å². The fourth-order valence-electron chi connectivity index (χ4n) is 7.62. The molecule has 60 heavy (non-hydrogen) atoms. The van der Waals surface area contributed by atoms with Gasteiger partial charge >= 0.3 is 0 Å². The molecule has 9 rings (SSSR count). The molecule has 7 aromatic carbocycles. The van der Waals surface area contributed by atoms with E-state index in [-0.39, 0.29) is 77.0 Å². The van der Waals surface area contributed by atoms with Gasteiger partial charge in [-0.2, -0.15) is 0 Å². The van der Waals surface area contributed by atoms with Gasteiger partial charge in [-0.15, -0.1) is 27.7 Å². The number of rotatable bonds is 6. The van der Waals surface area contributed by atoms with Gasteiger partial charge < -0.3 is 0 Å². The van der Waals surface area contributed by atoms with Crippen LogP contribution in [0.3, 0.4) is 0 Å². The largest absolute Gasteiger partial charge is 0.208 e. The van der Waals surface area contributed by atoms with Gasteiger partial charge in [-0.25, -0.2) is 15.0 Å². The number of thiophene rings is 1. The van der Waals surface area contributed by atoms with Crippen molar-refractivity contribution in [1.82, 2.24) is 15.0 Å². The zero-order valence-corrected chi connectivity index (χ0v) is 32.8. The average Bonchev–Trinajstić information content (AvgIpc) is 3.69. The summed E-state index contributed by atoms with van der Waals surface area (Å²) in [4.78, 5) is 14.8. The SMILES string of the molecule is [B]c1c([B])c(-c2c([B])c([B])c([B])c3sc4c([B])c([B])c([B])c([B])c4c23)c([B])c([B])c1-c1nc(-c2ccc(-c3ccccc3)cc2)nc(-c2ccc(-c3ccccc3)cc2)n1. The zero-order valence-electron chi connectivity index (χ0n) is 32.0. The normalized spacial score (nSPS) is 11.4. The van der Waals surface area contributed by atoms with Crippen LogP contribution in [0, 0.1) is 0 Å². The number of benzene rings is 7. The molecular formula is C45H18B11N3S. The Hall–Kier alpha value is -5.52. The summed E-state index contributed by atoms with van der Waals surface area (Å²) in [5.74, 6) is 0.882. The molecule has 0 aliphatic carbocycles. The third-order valence-corrected chi connectivity index (χ3v) is 12.2. The molecule has 15 heteroatoms. The second kappa shape index (κ2) is 15.5. The van der Waals surface area contributed by atoms with Crippen LogP contribution < -0.4 is 60.1 Å². The molecule has 0 aliphatic rings. The smallest absolute Gasteiger partial charge is 0.164 e. The molecule has 0 unspecified atom stereocenters. The quantitative estimate of drug-likeness (QED) is 0.205. The predicted octanol–water partition coefficient (Wildman–Crippen LogP) is -1.03. The first kappa shape index (κ1) is 39.9. The van der Waals surface area contributed by atoms with Crippen molar-refractivity contribution in [2.24, 2.45) is 0 Å². The van der Waals surface area contributed by atoms with E-state index < -0.39 is 0 Å². The van der Waals surface area contributed by atoms with Crippen molar-refractivity contribution in [2.75, 3.05) is 0 Å². The Labute approximate surface area is 367 Å². The molecule has 0 saturated heterocycles. The van der Waals surface area contributed by atoms with E-state index in [4.69, 9.17) is 101 Å². The molecule has 2 heterocycles. The summed E-state index contributed by atoms with van der Waals surface area (Å²) in [5.41, 5.74) is 7.50. The Morgan fingerprint density at radius 1 is 0.267 bits per heavy atom. The van der Waals surface area contributed by atoms with Crippen molar-refractivity contribution in [1.29, 1.82) is 0 Å². The molecule has 3 nitrogen and oxygen atoms in total. The summed E-state index contributed by atoms with van der Waals surface area (Å²) in [6, 6.07) is 36.0. The van der Waals surface area contributed by atoms with Gasteiger partial charge in [0.15, 0.2) is 17.5 Å². The number of aromatic nitrogens is 3. The lowest BCUT2D eigenvalue weighted by Crippen LogP contribution is -2.48. The average molecular weight is 752 g/mol. The molecule has 0 saturated carbocycles. The predicted molar refractivity (Wildman–Crippen MR) is 265 cm³/mol. The Morgan fingerprint density at radius 2 is 0.600 bits per heavy atom. The minimum absolute atomic E-state index is 0.0334. The summed E-state index contributed by atoms with van der Waals surface area (Å²) in [6.07, 6.45) is 0. The first-order valence-electron chi connectivity index (χ1n) is 18.6. The molecule has 0 atom stereocenters. The van der Waals surface area contributed by atoms with Gasteiger partial charge in [0.05, 0.1) is 0 Å². The van der Waals surface area contributed by atoms with Gasteiger partial charge in [0.25, 0.3) is 0 Å². The molecule has 252 valence electrons.